The Morgan fingerprint density at radius 3 is 2.75 bits per heavy atom. The molecule has 2 rings (SSSR count). The third kappa shape index (κ3) is 7.50. The van der Waals surface area contributed by atoms with Gasteiger partial charge in [0, 0.05) is 38.6 Å². The van der Waals surface area contributed by atoms with Gasteiger partial charge >= 0.3 is 5.97 Å². The maximum Gasteiger partial charge on any atom is 0.305 e. The number of aryl methyl sites for hydroxylation is 1. The molecule has 0 bridgehead atoms. The average molecular weight is 390 g/mol. The second kappa shape index (κ2) is 12.4. The molecule has 0 saturated carbocycles. The lowest BCUT2D eigenvalue weighted by molar-refractivity contribution is -0.140. The number of methoxy groups -OCH3 is 1. The Balaban J connectivity index is 1.88. The molecule has 156 valence electrons. The quantitative estimate of drug-likeness (QED) is 0.293. The molecule has 0 spiro atoms. The summed E-state index contributed by atoms with van der Waals surface area (Å²) in [7, 11) is 1.43. The van der Waals surface area contributed by atoms with Crippen molar-refractivity contribution in [3.05, 3.63) is 35.4 Å². The Morgan fingerprint density at radius 1 is 1.25 bits per heavy atom. The maximum absolute atomic E-state index is 11.2. The smallest absolute Gasteiger partial charge is 0.305 e. The van der Waals surface area contributed by atoms with Crippen LogP contribution >= 0.6 is 0 Å². The van der Waals surface area contributed by atoms with Gasteiger partial charge in [-0.2, -0.15) is 0 Å². The predicted molar refractivity (Wildman–Crippen MR) is 112 cm³/mol. The SMILES string of the molecule is CCNC(=NCC1CCCOC1c1ccc(C)cc1)NCCCCC(=O)OC. The van der Waals surface area contributed by atoms with Gasteiger partial charge in [0.25, 0.3) is 0 Å². The van der Waals surface area contributed by atoms with Gasteiger partial charge in [-0.05, 0) is 45.1 Å². The Hall–Kier alpha value is -2.08. The van der Waals surface area contributed by atoms with E-state index < -0.39 is 0 Å². The summed E-state index contributed by atoms with van der Waals surface area (Å²) in [5.74, 6) is 1.06. The number of carbonyl (C=O) groups excluding carboxylic acids is 1. The summed E-state index contributed by atoms with van der Waals surface area (Å²) in [6.45, 7) is 7.31. The number of nitrogens with zero attached hydrogens (tertiary/aromatic N) is 1. The van der Waals surface area contributed by atoms with Gasteiger partial charge in [-0.3, -0.25) is 9.79 Å². The van der Waals surface area contributed by atoms with Crippen LogP contribution in [0.15, 0.2) is 29.3 Å². The first-order valence-electron chi connectivity index (χ1n) is 10.4. The number of guanidine groups is 1. The topological polar surface area (TPSA) is 72.0 Å². The fraction of sp³-hybridized carbons (Fsp3) is 0.636. The fourth-order valence-electron chi connectivity index (χ4n) is 3.41. The van der Waals surface area contributed by atoms with E-state index in [2.05, 4.69) is 53.5 Å². The molecule has 28 heavy (non-hydrogen) atoms. The molecule has 1 fully saturated rings. The summed E-state index contributed by atoms with van der Waals surface area (Å²) >= 11 is 0. The van der Waals surface area contributed by atoms with E-state index in [9.17, 15) is 4.79 Å². The third-order valence-corrected chi connectivity index (χ3v) is 5.01. The molecular formula is C22H35N3O3. The molecule has 0 aliphatic carbocycles. The Kier molecular flexibility index (Phi) is 9.83. The minimum atomic E-state index is -0.153. The van der Waals surface area contributed by atoms with Crippen LogP contribution in [0.2, 0.25) is 0 Å². The molecule has 6 heteroatoms. The van der Waals surface area contributed by atoms with Crippen molar-refractivity contribution in [2.75, 3.05) is 33.4 Å². The van der Waals surface area contributed by atoms with Crippen LogP contribution in [-0.4, -0.2) is 45.3 Å². The van der Waals surface area contributed by atoms with Gasteiger partial charge in [0.15, 0.2) is 5.96 Å². The molecule has 0 radical (unpaired) electrons. The highest BCUT2D eigenvalue weighted by Crippen LogP contribution is 2.33. The monoisotopic (exact) mass is 389 g/mol. The number of aliphatic imine (C=N–C) groups is 1. The van der Waals surface area contributed by atoms with Crippen LogP contribution in [0.25, 0.3) is 0 Å². The van der Waals surface area contributed by atoms with E-state index >= 15 is 0 Å². The normalized spacial score (nSPS) is 19.9. The van der Waals surface area contributed by atoms with Crippen molar-refractivity contribution in [1.82, 2.24) is 10.6 Å². The highest BCUT2D eigenvalue weighted by Gasteiger charge is 2.27. The number of nitrogens with one attached hydrogen (secondary N) is 2. The zero-order valence-electron chi connectivity index (χ0n) is 17.5. The molecule has 2 unspecified atom stereocenters. The number of hydrogen-bond acceptors (Lipinski definition) is 4. The lowest BCUT2D eigenvalue weighted by atomic mass is 9.89. The van der Waals surface area contributed by atoms with Gasteiger partial charge in [-0.15, -0.1) is 0 Å². The summed E-state index contributed by atoms with van der Waals surface area (Å²) in [5.41, 5.74) is 2.51. The number of unbranched alkanes of at least 4 members (excludes halogenated alkanes) is 1. The van der Waals surface area contributed by atoms with E-state index in [0.29, 0.717) is 12.3 Å². The molecule has 1 aromatic carbocycles. The number of benzene rings is 1. The van der Waals surface area contributed by atoms with Crippen LogP contribution in [0.1, 0.15) is 56.3 Å². The zero-order chi connectivity index (χ0) is 20.2. The van der Waals surface area contributed by atoms with Crippen LogP contribution in [0.5, 0.6) is 0 Å². The summed E-state index contributed by atoms with van der Waals surface area (Å²) in [6, 6.07) is 8.64. The van der Waals surface area contributed by atoms with Gasteiger partial charge < -0.3 is 20.1 Å². The molecule has 2 N–H and O–H groups in total. The van der Waals surface area contributed by atoms with Crippen molar-refractivity contribution in [2.45, 2.75) is 52.1 Å². The molecule has 6 nitrogen and oxygen atoms in total. The van der Waals surface area contributed by atoms with Crippen LogP contribution in [0.3, 0.4) is 0 Å². The van der Waals surface area contributed by atoms with Gasteiger partial charge in [-0.25, -0.2) is 0 Å². The molecule has 0 aromatic heterocycles. The molecule has 1 saturated heterocycles. The largest absolute Gasteiger partial charge is 0.469 e. The highest BCUT2D eigenvalue weighted by molar-refractivity contribution is 5.79. The summed E-state index contributed by atoms with van der Waals surface area (Å²) in [5, 5.41) is 6.66. The predicted octanol–water partition coefficient (Wildman–Crippen LogP) is 3.36. The lowest BCUT2D eigenvalue weighted by Gasteiger charge is -2.31. The number of ether oxygens (including phenoxy) is 2. The van der Waals surface area contributed by atoms with Crippen LogP contribution in [-0.2, 0) is 14.3 Å². The zero-order valence-corrected chi connectivity index (χ0v) is 17.5. The van der Waals surface area contributed by atoms with Crippen molar-refractivity contribution < 1.29 is 14.3 Å². The van der Waals surface area contributed by atoms with Crippen molar-refractivity contribution in [2.24, 2.45) is 10.9 Å². The van der Waals surface area contributed by atoms with Crippen molar-refractivity contribution in [3.63, 3.8) is 0 Å². The van der Waals surface area contributed by atoms with Crippen LogP contribution in [0.4, 0.5) is 0 Å². The molecule has 1 aliphatic rings. The molecule has 1 heterocycles. The first-order chi connectivity index (χ1) is 13.6. The Morgan fingerprint density at radius 2 is 2.04 bits per heavy atom. The molecule has 1 aromatic rings. The number of carbonyl (C=O) groups is 1. The minimum Gasteiger partial charge on any atom is -0.469 e. The van der Waals surface area contributed by atoms with Gasteiger partial charge in [0.05, 0.1) is 13.2 Å². The average Bonchev–Trinajstić information content (AvgIpc) is 2.72. The second-order valence-electron chi connectivity index (χ2n) is 7.28. The first-order valence-corrected chi connectivity index (χ1v) is 10.4. The van der Waals surface area contributed by atoms with Gasteiger partial charge in [-0.1, -0.05) is 29.8 Å². The molecule has 0 amide bonds. The summed E-state index contributed by atoms with van der Waals surface area (Å²) in [6.07, 6.45) is 4.49. The van der Waals surface area contributed by atoms with E-state index in [1.807, 2.05) is 0 Å². The Bertz CT molecular complexity index is 616. The van der Waals surface area contributed by atoms with Gasteiger partial charge in [0.2, 0.25) is 0 Å². The van der Waals surface area contributed by atoms with E-state index in [4.69, 9.17) is 9.73 Å². The molecule has 1 aliphatic heterocycles. The second-order valence-corrected chi connectivity index (χ2v) is 7.28. The number of rotatable bonds is 9. The maximum atomic E-state index is 11.2. The fourth-order valence-corrected chi connectivity index (χ4v) is 3.41. The van der Waals surface area contributed by atoms with Crippen LogP contribution < -0.4 is 10.6 Å². The van der Waals surface area contributed by atoms with E-state index in [0.717, 1.165) is 57.9 Å². The lowest BCUT2D eigenvalue weighted by Crippen LogP contribution is -2.38. The molecular weight excluding hydrogens is 354 g/mol. The van der Waals surface area contributed by atoms with Crippen molar-refractivity contribution in [3.8, 4) is 0 Å². The summed E-state index contributed by atoms with van der Waals surface area (Å²) in [4.78, 5) is 16.0. The highest BCUT2D eigenvalue weighted by atomic mass is 16.5. The van der Waals surface area contributed by atoms with Crippen molar-refractivity contribution >= 4 is 11.9 Å². The Labute approximate surface area is 169 Å². The van der Waals surface area contributed by atoms with E-state index in [1.54, 1.807) is 0 Å². The van der Waals surface area contributed by atoms with E-state index in [1.165, 1.54) is 18.2 Å². The van der Waals surface area contributed by atoms with E-state index in [-0.39, 0.29) is 12.1 Å². The summed E-state index contributed by atoms with van der Waals surface area (Å²) < 4.78 is 10.8. The first kappa shape index (κ1) is 22.2. The molecule has 2 atom stereocenters. The van der Waals surface area contributed by atoms with Gasteiger partial charge in [0.1, 0.15) is 0 Å². The number of esters is 1. The minimum absolute atomic E-state index is 0.112. The van der Waals surface area contributed by atoms with Crippen LogP contribution in [0, 0.1) is 12.8 Å². The number of hydrogen-bond donors (Lipinski definition) is 2. The standard InChI is InChI=1S/C22H35N3O3/c1-4-23-22(24-14-6-5-9-20(26)27-3)25-16-19-8-7-15-28-21(19)18-12-10-17(2)11-13-18/h10-13,19,21H,4-9,14-16H2,1-3H3,(H2,23,24,25). The van der Waals surface area contributed by atoms with Crippen molar-refractivity contribution in [1.29, 1.82) is 0 Å². The third-order valence-electron chi connectivity index (χ3n) is 5.01.